The molecule has 0 rings (SSSR count). The predicted molar refractivity (Wildman–Crippen MR) is 30.5 cm³/mol. The maximum absolute atomic E-state index is 9.89. The fourth-order valence-corrected chi connectivity index (χ4v) is 0.433. The van der Waals surface area contributed by atoms with E-state index in [2.05, 4.69) is 0 Å². The molecular weight excluding hydrogens is 120 g/mol. The smallest absolute Gasteiger partial charge is 0.0541 e. The van der Waals surface area contributed by atoms with Crippen molar-refractivity contribution in [3.63, 3.8) is 0 Å². The molecule has 2 atom stereocenters. The van der Waals surface area contributed by atoms with E-state index in [0.717, 1.165) is 0 Å². The standard InChI is InChI=1S/C6H12O3/c1-4(5(2)7)3-6(8)9/h4-5,7H,3H2,1-2H3,(H,8,9)/p-1. The minimum atomic E-state index is -1.11. The zero-order chi connectivity index (χ0) is 7.44. The molecule has 0 aliphatic rings. The minimum absolute atomic E-state index is 0.0718. The molecule has 0 aromatic rings. The summed E-state index contributed by atoms with van der Waals surface area (Å²) >= 11 is 0. The van der Waals surface area contributed by atoms with Crippen molar-refractivity contribution in [1.82, 2.24) is 0 Å². The van der Waals surface area contributed by atoms with Crippen LogP contribution in [-0.4, -0.2) is 17.2 Å². The molecule has 0 aliphatic heterocycles. The number of rotatable bonds is 3. The molecule has 3 nitrogen and oxygen atoms in total. The maximum atomic E-state index is 9.89. The van der Waals surface area contributed by atoms with Gasteiger partial charge in [0.2, 0.25) is 0 Å². The molecule has 0 aliphatic carbocycles. The summed E-state index contributed by atoms with van der Waals surface area (Å²) in [5.74, 6) is -1.32. The van der Waals surface area contributed by atoms with Crippen LogP contribution in [0.25, 0.3) is 0 Å². The molecule has 0 saturated heterocycles. The number of carboxylic acids is 1. The number of aliphatic carboxylic acids is 1. The van der Waals surface area contributed by atoms with E-state index >= 15 is 0 Å². The third-order valence-electron chi connectivity index (χ3n) is 1.31. The van der Waals surface area contributed by atoms with Crippen LogP contribution in [-0.2, 0) is 4.79 Å². The van der Waals surface area contributed by atoms with Gasteiger partial charge in [-0.15, -0.1) is 0 Å². The lowest BCUT2D eigenvalue weighted by atomic mass is 10.0. The molecule has 0 spiro atoms. The van der Waals surface area contributed by atoms with Crippen molar-refractivity contribution in [2.75, 3.05) is 0 Å². The van der Waals surface area contributed by atoms with Crippen LogP contribution in [0.3, 0.4) is 0 Å². The number of aliphatic hydroxyl groups is 1. The van der Waals surface area contributed by atoms with Gasteiger partial charge in [0.15, 0.2) is 0 Å². The summed E-state index contributed by atoms with van der Waals surface area (Å²) in [7, 11) is 0. The summed E-state index contributed by atoms with van der Waals surface area (Å²) in [5.41, 5.74) is 0. The van der Waals surface area contributed by atoms with E-state index in [-0.39, 0.29) is 12.3 Å². The van der Waals surface area contributed by atoms with Gasteiger partial charge in [-0.3, -0.25) is 0 Å². The second kappa shape index (κ2) is 3.45. The van der Waals surface area contributed by atoms with Gasteiger partial charge in [0, 0.05) is 5.97 Å². The third kappa shape index (κ3) is 3.97. The molecule has 2 unspecified atom stereocenters. The van der Waals surface area contributed by atoms with Gasteiger partial charge in [-0.05, 0) is 19.3 Å². The van der Waals surface area contributed by atoms with Crippen LogP contribution >= 0.6 is 0 Å². The predicted octanol–water partition coefficient (Wildman–Crippen LogP) is -0.857. The summed E-state index contributed by atoms with van der Waals surface area (Å²) in [6, 6.07) is 0. The van der Waals surface area contributed by atoms with Gasteiger partial charge in [-0.25, -0.2) is 0 Å². The number of aliphatic hydroxyl groups excluding tert-OH is 1. The van der Waals surface area contributed by atoms with E-state index in [0.29, 0.717) is 0 Å². The van der Waals surface area contributed by atoms with E-state index in [1.807, 2.05) is 0 Å². The van der Waals surface area contributed by atoms with Crippen LogP contribution in [0.2, 0.25) is 0 Å². The molecule has 0 amide bonds. The highest BCUT2D eigenvalue weighted by Gasteiger charge is 2.07. The van der Waals surface area contributed by atoms with Crippen LogP contribution in [0.15, 0.2) is 0 Å². The van der Waals surface area contributed by atoms with Crippen LogP contribution in [0.5, 0.6) is 0 Å². The zero-order valence-corrected chi connectivity index (χ0v) is 5.63. The van der Waals surface area contributed by atoms with Gasteiger partial charge < -0.3 is 15.0 Å². The van der Waals surface area contributed by atoms with Crippen LogP contribution in [0.4, 0.5) is 0 Å². The Hall–Kier alpha value is -0.570. The second-order valence-electron chi connectivity index (χ2n) is 2.29. The Bertz CT molecular complexity index is 98.5. The SMILES string of the molecule is CC(O)C(C)CC(=O)[O-]. The van der Waals surface area contributed by atoms with E-state index in [4.69, 9.17) is 5.11 Å². The number of carboxylic acid groups (broad SMARTS) is 1. The highest BCUT2D eigenvalue weighted by molar-refractivity contribution is 5.64. The lowest BCUT2D eigenvalue weighted by Gasteiger charge is -2.13. The first-order valence-electron chi connectivity index (χ1n) is 2.92. The van der Waals surface area contributed by atoms with Crippen LogP contribution in [0, 0.1) is 5.92 Å². The van der Waals surface area contributed by atoms with Crippen LogP contribution in [0.1, 0.15) is 20.3 Å². The van der Waals surface area contributed by atoms with Crippen molar-refractivity contribution in [1.29, 1.82) is 0 Å². The lowest BCUT2D eigenvalue weighted by molar-refractivity contribution is -0.307. The molecular formula is C6H11O3-. The quantitative estimate of drug-likeness (QED) is 0.542. The van der Waals surface area contributed by atoms with Gasteiger partial charge in [-0.2, -0.15) is 0 Å². The van der Waals surface area contributed by atoms with Gasteiger partial charge in [-0.1, -0.05) is 6.92 Å². The number of hydrogen-bond acceptors (Lipinski definition) is 3. The Kier molecular flexibility index (Phi) is 3.24. The number of carbonyl (C=O) groups excluding carboxylic acids is 1. The van der Waals surface area contributed by atoms with E-state index in [1.54, 1.807) is 13.8 Å². The minimum Gasteiger partial charge on any atom is -0.550 e. The third-order valence-corrected chi connectivity index (χ3v) is 1.31. The topological polar surface area (TPSA) is 60.4 Å². The van der Waals surface area contributed by atoms with Crippen molar-refractivity contribution in [2.24, 2.45) is 5.92 Å². The first-order chi connectivity index (χ1) is 4.04. The molecule has 9 heavy (non-hydrogen) atoms. The summed E-state index contributed by atoms with van der Waals surface area (Å²) in [6.45, 7) is 3.23. The largest absolute Gasteiger partial charge is 0.550 e. The highest BCUT2D eigenvalue weighted by atomic mass is 16.4. The molecule has 0 fully saturated rings. The molecule has 3 heteroatoms. The Morgan fingerprint density at radius 1 is 1.67 bits per heavy atom. The summed E-state index contributed by atoms with van der Waals surface area (Å²) in [4.78, 5) is 9.89. The van der Waals surface area contributed by atoms with Crippen molar-refractivity contribution < 1.29 is 15.0 Å². The average molecular weight is 131 g/mol. The molecule has 0 aromatic heterocycles. The van der Waals surface area contributed by atoms with Crippen molar-refractivity contribution in [2.45, 2.75) is 26.4 Å². The lowest BCUT2D eigenvalue weighted by Crippen LogP contribution is -2.27. The maximum Gasteiger partial charge on any atom is 0.0541 e. The van der Waals surface area contributed by atoms with Crippen molar-refractivity contribution in [3.05, 3.63) is 0 Å². The highest BCUT2D eigenvalue weighted by Crippen LogP contribution is 2.05. The molecule has 1 N–H and O–H groups in total. The van der Waals surface area contributed by atoms with Crippen LogP contribution < -0.4 is 5.11 Å². The van der Waals surface area contributed by atoms with E-state index in [9.17, 15) is 9.90 Å². The monoisotopic (exact) mass is 131 g/mol. The molecule has 54 valence electrons. The molecule has 0 saturated carbocycles. The Balaban J connectivity index is 3.50. The van der Waals surface area contributed by atoms with E-state index < -0.39 is 12.1 Å². The number of carbonyl (C=O) groups is 1. The van der Waals surface area contributed by atoms with Gasteiger partial charge >= 0.3 is 0 Å². The molecule has 0 radical (unpaired) electrons. The van der Waals surface area contributed by atoms with Gasteiger partial charge in [0.05, 0.1) is 6.10 Å². The summed E-state index contributed by atoms with van der Waals surface area (Å²) in [5, 5.41) is 18.7. The Labute approximate surface area is 54.3 Å². The van der Waals surface area contributed by atoms with Crippen molar-refractivity contribution >= 4 is 5.97 Å². The first-order valence-corrected chi connectivity index (χ1v) is 2.92. The fourth-order valence-electron chi connectivity index (χ4n) is 0.433. The molecule has 0 bridgehead atoms. The molecule has 0 heterocycles. The Morgan fingerprint density at radius 3 is 2.22 bits per heavy atom. The summed E-state index contributed by atoms with van der Waals surface area (Å²) < 4.78 is 0. The fraction of sp³-hybridized carbons (Fsp3) is 0.833. The average Bonchev–Trinajstić information content (AvgIpc) is 1.63. The molecule has 0 aromatic carbocycles. The first kappa shape index (κ1) is 8.43. The Morgan fingerprint density at radius 2 is 2.11 bits per heavy atom. The second-order valence-corrected chi connectivity index (χ2v) is 2.29. The van der Waals surface area contributed by atoms with Crippen molar-refractivity contribution in [3.8, 4) is 0 Å². The summed E-state index contributed by atoms with van der Waals surface area (Å²) in [6.07, 6.45) is -0.639. The van der Waals surface area contributed by atoms with Gasteiger partial charge in [0.1, 0.15) is 0 Å². The zero-order valence-electron chi connectivity index (χ0n) is 5.63. The van der Waals surface area contributed by atoms with Gasteiger partial charge in [0.25, 0.3) is 0 Å². The normalized spacial score (nSPS) is 16.8. The number of hydrogen-bond donors (Lipinski definition) is 1. The van der Waals surface area contributed by atoms with E-state index in [1.165, 1.54) is 0 Å².